The van der Waals surface area contributed by atoms with Gasteiger partial charge in [0, 0.05) is 18.7 Å². The highest BCUT2D eigenvalue weighted by Gasteiger charge is 2.09. The summed E-state index contributed by atoms with van der Waals surface area (Å²) in [6.07, 6.45) is 0. The molecule has 0 aliphatic rings. The number of hydrogen-bond acceptors (Lipinski definition) is 4. The monoisotopic (exact) mass is 296 g/mol. The molecule has 0 radical (unpaired) electrons. The van der Waals surface area contributed by atoms with E-state index in [9.17, 15) is 10.1 Å². The topological polar surface area (TPSA) is 78.4 Å². The number of nitrogens with two attached hydrogens (primary N) is 1. The number of ether oxygens (including phenoxy) is 1. The predicted molar refractivity (Wildman–Crippen MR) is 62.6 cm³/mol. The maximum Gasteiger partial charge on any atom is 0.270 e. The van der Waals surface area contributed by atoms with Gasteiger partial charge >= 0.3 is 0 Å². The SMILES string of the molecule is Cl.NCCOc1ccc([N+](=O)[O-])cc1Br. The highest BCUT2D eigenvalue weighted by Crippen LogP contribution is 2.28. The molecule has 0 spiro atoms. The fraction of sp³-hybridized carbons (Fsp3) is 0.250. The fourth-order valence-corrected chi connectivity index (χ4v) is 1.37. The molecule has 0 aliphatic carbocycles. The van der Waals surface area contributed by atoms with Crippen molar-refractivity contribution in [2.45, 2.75) is 0 Å². The van der Waals surface area contributed by atoms with Gasteiger partial charge in [-0.25, -0.2) is 0 Å². The van der Waals surface area contributed by atoms with E-state index in [1.54, 1.807) is 0 Å². The molecular formula is C8H10BrClN2O3. The number of non-ortho nitro benzene ring substituents is 1. The Morgan fingerprint density at radius 3 is 2.67 bits per heavy atom. The van der Waals surface area contributed by atoms with Crippen molar-refractivity contribution < 1.29 is 9.66 Å². The van der Waals surface area contributed by atoms with E-state index in [0.717, 1.165) is 0 Å². The van der Waals surface area contributed by atoms with Crippen LogP contribution in [0, 0.1) is 10.1 Å². The van der Waals surface area contributed by atoms with Crippen LogP contribution in [0.15, 0.2) is 22.7 Å². The first kappa shape index (κ1) is 14.2. The lowest BCUT2D eigenvalue weighted by molar-refractivity contribution is -0.384. The van der Waals surface area contributed by atoms with Crippen molar-refractivity contribution in [1.29, 1.82) is 0 Å². The molecule has 5 nitrogen and oxygen atoms in total. The van der Waals surface area contributed by atoms with E-state index in [0.29, 0.717) is 23.4 Å². The average molecular weight is 298 g/mol. The van der Waals surface area contributed by atoms with Crippen molar-refractivity contribution in [1.82, 2.24) is 0 Å². The van der Waals surface area contributed by atoms with Crippen LogP contribution in [0.2, 0.25) is 0 Å². The Kier molecular flexibility index (Phi) is 6.23. The maximum atomic E-state index is 10.4. The summed E-state index contributed by atoms with van der Waals surface area (Å²) < 4.78 is 5.78. The summed E-state index contributed by atoms with van der Waals surface area (Å²) in [6, 6.07) is 4.32. The van der Waals surface area contributed by atoms with Crippen LogP contribution in [0.4, 0.5) is 5.69 Å². The van der Waals surface area contributed by atoms with Crippen molar-refractivity contribution in [3.63, 3.8) is 0 Å². The molecule has 7 heteroatoms. The Hall–Kier alpha value is -0.850. The number of halogens is 2. The van der Waals surface area contributed by atoms with Crippen molar-refractivity contribution in [2.75, 3.05) is 13.2 Å². The van der Waals surface area contributed by atoms with Gasteiger partial charge in [-0.05, 0) is 22.0 Å². The molecule has 1 aromatic carbocycles. The van der Waals surface area contributed by atoms with E-state index in [2.05, 4.69) is 15.9 Å². The van der Waals surface area contributed by atoms with Gasteiger partial charge < -0.3 is 10.5 Å². The zero-order chi connectivity index (χ0) is 10.6. The molecule has 0 heterocycles. The molecule has 0 saturated carbocycles. The van der Waals surface area contributed by atoms with E-state index < -0.39 is 4.92 Å². The number of benzene rings is 1. The molecule has 2 N–H and O–H groups in total. The minimum atomic E-state index is -0.461. The number of hydrogen-bond donors (Lipinski definition) is 1. The first-order chi connectivity index (χ1) is 6.65. The van der Waals surface area contributed by atoms with Crippen LogP contribution in [0.25, 0.3) is 0 Å². The van der Waals surface area contributed by atoms with Gasteiger partial charge in [-0.1, -0.05) is 0 Å². The zero-order valence-corrected chi connectivity index (χ0v) is 10.1. The lowest BCUT2D eigenvalue weighted by atomic mass is 10.3. The molecule has 1 aromatic rings. The number of nitrogens with zero attached hydrogens (tertiary/aromatic N) is 1. The van der Waals surface area contributed by atoms with Crippen LogP contribution in [0.5, 0.6) is 5.75 Å². The third kappa shape index (κ3) is 4.03. The highest BCUT2D eigenvalue weighted by molar-refractivity contribution is 9.10. The second-order valence-corrected chi connectivity index (χ2v) is 3.36. The summed E-state index contributed by atoms with van der Waals surface area (Å²) in [5.41, 5.74) is 5.28. The molecule has 84 valence electrons. The molecule has 0 fully saturated rings. The quantitative estimate of drug-likeness (QED) is 0.682. The summed E-state index contributed by atoms with van der Waals surface area (Å²) in [7, 11) is 0. The van der Waals surface area contributed by atoms with Crippen LogP contribution in [0.1, 0.15) is 0 Å². The fourth-order valence-electron chi connectivity index (χ4n) is 0.889. The Balaban J connectivity index is 0.00000196. The smallest absolute Gasteiger partial charge is 0.270 e. The molecule has 0 aliphatic heterocycles. The first-order valence-electron chi connectivity index (χ1n) is 3.92. The van der Waals surface area contributed by atoms with Gasteiger partial charge in [0.1, 0.15) is 12.4 Å². The molecule has 1 rings (SSSR count). The van der Waals surface area contributed by atoms with Crippen LogP contribution in [0.3, 0.4) is 0 Å². The lowest BCUT2D eigenvalue weighted by Crippen LogP contribution is -2.10. The second-order valence-electron chi connectivity index (χ2n) is 2.51. The summed E-state index contributed by atoms with van der Waals surface area (Å²) in [4.78, 5) is 9.94. The number of nitro groups is 1. The third-order valence-corrected chi connectivity index (χ3v) is 2.12. The van der Waals surface area contributed by atoms with Crippen molar-refractivity contribution in [2.24, 2.45) is 5.73 Å². The molecule has 0 atom stereocenters. The summed E-state index contributed by atoms with van der Waals surface area (Å²) in [5, 5.41) is 10.4. The Morgan fingerprint density at radius 1 is 1.53 bits per heavy atom. The van der Waals surface area contributed by atoms with Crippen molar-refractivity contribution in [3.05, 3.63) is 32.8 Å². The van der Waals surface area contributed by atoms with Crippen LogP contribution in [-0.4, -0.2) is 18.1 Å². The van der Waals surface area contributed by atoms with Crippen LogP contribution >= 0.6 is 28.3 Å². The van der Waals surface area contributed by atoms with E-state index in [1.165, 1.54) is 18.2 Å². The Bertz CT molecular complexity index is 349. The van der Waals surface area contributed by atoms with Gasteiger partial charge in [0.15, 0.2) is 0 Å². The normalized spacial score (nSPS) is 9.20. The minimum absolute atomic E-state index is 0. The van der Waals surface area contributed by atoms with Gasteiger partial charge in [-0.3, -0.25) is 10.1 Å². The zero-order valence-electron chi connectivity index (χ0n) is 7.68. The number of nitro benzene ring substituents is 1. The van der Waals surface area contributed by atoms with Gasteiger partial charge in [0.25, 0.3) is 5.69 Å². The lowest BCUT2D eigenvalue weighted by Gasteiger charge is -2.05. The van der Waals surface area contributed by atoms with E-state index in [4.69, 9.17) is 10.5 Å². The number of rotatable bonds is 4. The standard InChI is InChI=1S/C8H9BrN2O3.ClH/c9-7-5-6(11(12)13)1-2-8(7)14-4-3-10;/h1-2,5H,3-4,10H2;1H. The maximum absolute atomic E-state index is 10.4. The Labute approximate surface area is 101 Å². The molecule has 0 saturated heterocycles. The molecule has 0 bridgehead atoms. The van der Waals surface area contributed by atoms with E-state index in [1.807, 2.05) is 0 Å². The van der Waals surface area contributed by atoms with Gasteiger partial charge in [-0.2, -0.15) is 0 Å². The van der Waals surface area contributed by atoms with Crippen LogP contribution < -0.4 is 10.5 Å². The molecule has 0 unspecified atom stereocenters. The highest BCUT2D eigenvalue weighted by atomic mass is 79.9. The van der Waals surface area contributed by atoms with Gasteiger partial charge in [-0.15, -0.1) is 12.4 Å². The largest absolute Gasteiger partial charge is 0.491 e. The second kappa shape index (κ2) is 6.60. The van der Waals surface area contributed by atoms with Gasteiger partial charge in [0.05, 0.1) is 9.40 Å². The van der Waals surface area contributed by atoms with E-state index in [-0.39, 0.29) is 18.1 Å². The molecule has 15 heavy (non-hydrogen) atoms. The first-order valence-corrected chi connectivity index (χ1v) is 4.71. The summed E-state index contributed by atoms with van der Waals surface area (Å²) in [5.74, 6) is 0.557. The summed E-state index contributed by atoms with van der Waals surface area (Å²) >= 11 is 3.18. The average Bonchev–Trinajstić information content (AvgIpc) is 2.15. The van der Waals surface area contributed by atoms with Gasteiger partial charge in [0.2, 0.25) is 0 Å². The van der Waals surface area contributed by atoms with Crippen molar-refractivity contribution >= 4 is 34.0 Å². The Morgan fingerprint density at radius 2 is 2.20 bits per heavy atom. The van der Waals surface area contributed by atoms with Crippen LogP contribution in [-0.2, 0) is 0 Å². The molecular weight excluding hydrogens is 287 g/mol. The van der Waals surface area contributed by atoms with E-state index >= 15 is 0 Å². The predicted octanol–water partition coefficient (Wildman–Crippen LogP) is 2.12. The third-order valence-electron chi connectivity index (χ3n) is 1.50. The molecule has 0 aromatic heterocycles. The molecule has 0 amide bonds. The summed E-state index contributed by atoms with van der Waals surface area (Å²) in [6.45, 7) is 0.792. The minimum Gasteiger partial charge on any atom is -0.491 e. The van der Waals surface area contributed by atoms with Crippen molar-refractivity contribution in [3.8, 4) is 5.75 Å².